The molecule has 0 spiro atoms. The Kier molecular flexibility index (Phi) is 3.40. The molecule has 3 nitrogen and oxygen atoms in total. The predicted molar refractivity (Wildman–Crippen MR) is 82.8 cm³/mol. The first-order valence-corrected chi connectivity index (χ1v) is 7.65. The molecule has 1 unspecified atom stereocenters. The summed E-state index contributed by atoms with van der Waals surface area (Å²) in [5, 5.41) is 3.01. The third kappa shape index (κ3) is 2.17. The minimum Gasteiger partial charge on any atom is -0.331 e. The molecule has 3 rings (SSSR count). The first kappa shape index (κ1) is 13.7. The molecule has 3 aromatic rings. The lowest BCUT2D eigenvalue weighted by molar-refractivity contribution is 0.621. The Balaban J connectivity index is 2.23. The monoisotopic (exact) mass is 327 g/mol. The smallest absolute Gasteiger partial charge is 0.178 e. The molecule has 0 saturated carbocycles. The van der Waals surface area contributed by atoms with E-state index < -0.39 is 5.82 Å². The molecule has 0 aliphatic rings. The highest BCUT2D eigenvalue weighted by Gasteiger charge is 2.17. The van der Waals surface area contributed by atoms with Crippen LogP contribution in [0.1, 0.15) is 23.7 Å². The van der Waals surface area contributed by atoms with E-state index >= 15 is 0 Å². The predicted octanol–water partition coefficient (Wildman–Crippen LogP) is 4.87. The lowest BCUT2D eigenvalue weighted by Crippen LogP contribution is -2.06. The van der Waals surface area contributed by atoms with Crippen molar-refractivity contribution in [2.24, 2.45) is 0 Å². The van der Waals surface area contributed by atoms with E-state index in [-0.39, 0.29) is 11.1 Å². The van der Waals surface area contributed by atoms with Crippen molar-refractivity contribution in [3.63, 3.8) is 0 Å². The largest absolute Gasteiger partial charge is 0.331 e. The van der Waals surface area contributed by atoms with Gasteiger partial charge < -0.3 is 9.55 Å². The molecule has 0 aliphatic carbocycles. The number of nitrogens with zero attached hydrogens (tertiary/aromatic N) is 2. The van der Waals surface area contributed by atoms with Crippen molar-refractivity contribution < 1.29 is 4.39 Å². The van der Waals surface area contributed by atoms with Crippen LogP contribution in [0.5, 0.6) is 0 Å². The molecule has 1 aromatic carbocycles. The van der Waals surface area contributed by atoms with Gasteiger partial charge >= 0.3 is 0 Å². The topological polar surface area (TPSA) is 33.6 Å². The molecule has 0 amide bonds. The number of nitrogens with one attached hydrogen (secondary N) is 1. The van der Waals surface area contributed by atoms with Crippen LogP contribution in [0, 0.1) is 17.5 Å². The van der Waals surface area contributed by atoms with E-state index in [9.17, 15) is 4.39 Å². The van der Waals surface area contributed by atoms with Crippen LogP contribution in [-0.4, -0.2) is 14.5 Å². The van der Waals surface area contributed by atoms with Crippen molar-refractivity contribution in [2.75, 3.05) is 0 Å². The first-order valence-electron chi connectivity index (χ1n) is 5.98. The molecule has 1 N–H and O–H groups in total. The molecule has 0 radical (unpaired) electrons. The summed E-state index contributed by atoms with van der Waals surface area (Å²) in [5.41, 5.74) is 2.39. The van der Waals surface area contributed by atoms with Crippen LogP contribution in [0.15, 0.2) is 17.5 Å². The Hall–Kier alpha value is -1.24. The van der Waals surface area contributed by atoms with Gasteiger partial charge in [0, 0.05) is 17.1 Å². The van der Waals surface area contributed by atoms with Gasteiger partial charge in [-0.05, 0) is 32.1 Å². The zero-order valence-electron chi connectivity index (χ0n) is 10.8. The number of H-pyrrole nitrogens is 1. The summed E-state index contributed by atoms with van der Waals surface area (Å²) < 4.78 is 16.1. The third-order valence-electron chi connectivity index (χ3n) is 3.14. The van der Waals surface area contributed by atoms with E-state index in [0.717, 1.165) is 16.2 Å². The van der Waals surface area contributed by atoms with Gasteiger partial charge in [0.15, 0.2) is 4.77 Å². The minimum absolute atomic E-state index is 0.0597. The fourth-order valence-corrected chi connectivity index (χ4v) is 3.55. The fourth-order valence-electron chi connectivity index (χ4n) is 2.18. The minimum atomic E-state index is -0.454. The molecule has 0 bridgehead atoms. The Morgan fingerprint density at radius 2 is 2.25 bits per heavy atom. The van der Waals surface area contributed by atoms with Gasteiger partial charge in [0.1, 0.15) is 10.8 Å². The number of hydrogen-bond acceptors (Lipinski definition) is 3. The molecular formula is C13H11ClFN3S2. The summed E-state index contributed by atoms with van der Waals surface area (Å²) in [6.07, 6.45) is 0. The number of imidazole rings is 1. The standard InChI is InChI=1S/C13H11ClFN3S2/c1-6-5-20-12(16-6)7(2)18-11-4-9(15)8(14)3-10(11)17-13(18)19/h3-5,7H,1-2H3,(H,17,19). The molecule has 0 aliphatic heterocycles. The maximum Gasteiger partial charge on any atom is 0.178 e. The average molecular weight is 328 g/mol. The van der Waals surface area contributed by atoms with Gasteiger partial charge in [0.2, 0.25) is 0 Å². The van der Waals surface area contributed by atoms with Gasteiger partial charge in [0.25, 0.3) is 0 Å². The van der Waals surface area contributed by atoms with Gasteiger partial charge in [-0.15, -0.1) is 11.3 Å². The summed E-state index contributed by atoms with van der Waals surface area (Å²) >= 11 is 12.7. The van der Waals surface area contributed by atoms with Gasteiger partial charge in [-0.2, -0.15) is 0 Å². The lowest BCUT2D eigenvalue weighted by atomic mass is 10.2. The number of aromatic nitrogens is 3. The SMILES string of the molecule is Cc1csc(C(C)n2c(=S)[nH]c3cc(Cl)c(F)cc32)n1. The first-order chi connectivity index (χ1) is 9.47. The summed E-state index contributed by atoms with van der Waals surface area (Å²) in [7, 11) is 0. The van der Waals surface area contributed by atoms with Crippen molar-refractivity contribution >= 4 is 46.2 Å². The number of thiazole rings is 1. The number of fused-ring (bicyclic) bond motifs is 1. The Morgan fingerprint density at radius 3 is 2.90 bits per heavy atom. The van der Waals surface area contributed by atoms with Crippen LogP contribution < -0.4 is 0 Å². The Labute approximate surface area is 129 Å². The Morgan fingerprint density at radius 1 is 1.50 bits per heavy atom. The summed E-state index contributed by atoms with van der Waals surface area (Å²) in [6.45, 7) is 3.94. The van der Waals surface area contributed by atoms with Crippen LogP contribution in [0.3, 0.4) is 0 Å². The second-order valence-electron chi connectivity index (χ2n) is 4.59. The van der Waals surface area contributed by atoms with E-state index in [1.807, 2.05) is 23.8 Å². The maximum atomic E-state index is 13.7. The quantitative estimate of drug-likeness (QED) is 0.681. The summed E-state index contributed by atoms with van der Waals surface area (Å²) in [4.78, 5) is 7.53. The van der Waals surface area contributed by atoms with Crippen LogP contribution in [0.2, 0.25) is 5.02 Å². The van der Waals surface area contributed by atoms with Crippen LogP contribution >= 0.6 is 35.2 Å². The molecule has 20 heavy (non-hydrogen) atoms. The van der Waals surface area contributed by atoms with Crippen molar-refractivity contribution in [1.82, 2.24) is 14.5 Å². The number of benzene rings is 1. The Bertz CT molecular complexity index is 849. The molecular weight excluding hydrogens is 317 g/mol. The normalized spacial score (nSPS) is 13.0. The van der Waals surface area contributed by atoms with Crippen molar-refractivity contribution in [2.45, 2.75) is 19.9 Å². The van der Waals surface area contributed by atoms with Crippen LogP contribution in [-0.2, 0) is 0 Å². The molecule has 104 valence electrons. The number of halogens is 2. The molecule has 7 heteroatoms. The second-order valence-corrected chi connectivity index (χ2v) is 6.27. The van der Waals surface area contributed by atoms with Gasteiger partial charge in [-0.25, -0.2) is 9.37 Å². The van der Waals surface area contributed by atoms with Crippen molar-refractivity contribution in [1.29, 1.82) is 0 Å². The average Bonchev–Trinajstić information content (AvgIpc) is 2.93. The highest BCUT2D eigenvalue weighted by atomic mass is 35.5. The van der Waals surface area contributed by atoms with Gasteiger partial charge in [-0.1, -0.05) is 11.6 Å². The lowest BCUT2D eigenvalue weighted by Gasteiger charge is -2.12. The van der Waals surface area contributed by atoms with Crippen LogP contribution in [0.4, 0.5) is 4.39 Å². The maximum absolute atomic E-state index is 13.7. The van der Waals surface area contributed by atoms with Crippen LogP contribution in [0.25, 0.3) is 11.0 Å². The van der Waals surface area contributed by atoms with Gasteiger partial charge in [0.05, 0.1) is 22.1 Å². The highest BCUT2D eigenvalue weighted by Crippen LogP contribution is 2.29. The van der Waals surface area contributed by atoms with E-state index in [4.69, 9.17) is 23.8 Å². The van der Waals surface area contributed by atoms with E-state index in [1.165, 1.54) is 6.07 Å². The molecule has 0 saturated heterocycles. The van der Waals surface area contributed by atoms with Crippen molar-refractivity contribution in [3.8, 4) is 0 Å². The summed E-state index contributed by atoms with van der Waals surface area (Å²) in [6, 6.07) is 2.90. The summed E-state index contributed by atoms with van der Waals surface area (Å²) in [5.74, 6) is -0.454. The van der Waals surface area contributed by atoms with Gasteiger partial charge in [-0.3, -0.25) is 0 Å². The third-order valence-corrected chi connectivity index (χ3v) is 4.86. The molecule has 2 heterocycles. The highest BCUT2D eigenvalue weighted by molar-refractivity contribution is 7.71. The second kappa shape index (κ2) is 4.95. The number of rotatable bonds is 2. The zero-order chi connectivity index (χ0) is 14.4. The molecule has 0 fully saturated rings. The zero-order valence-corrected chi connectivity index (χ0v) is 13.2. The molecule has 2 aromatic heterocycles. The molecule has 1 atom stereocenters. The number of hydrogen-bond donors (Lipinski definition) is 1. The number of aryl methyl sites for hydroxylation is 1. The van der Waals surface area contributed by atoms with Crippen molar-refractivity contribution in [3.05, 3.63) is 43.8 Å². The van der Waals surface area contributed by atoms with E-state index in [1.54, 1.807) is 17.4 Å². The van der Waals surface area contributed by atoms with E-state index in [2.05, 4.69) is 9.97 Å². The van der Waals surface area contributed by atoms with E-state index in [0.29, 0.717) is 10.3 Å². The number of aromatic amines is 1. The fraction of sp³-hybridized carbons (Fsp3) is 0.231.